The largest absolute Gasteiger partial charge is 0.0593 e. The average molecular weight is 110 g/mol. The van der Waals surface area contributed by atoms with Crippen LogP contribution < -0.4 is 0 Å². The van der Waals surface area contributed by atoms with Gasteiger partial charge < -0.3 is 0 Å². The molecule has 0 bridgehead atoms. The Bertz CT molecular complexity index is 76.6. The van der Waals surface area contributed by atoms with Crippen LogP contribution in [0.2, 0.25) is 0 Å². The summed E-state index contributed by atoms with van der Waals surface area (Å²) in [7, 11) is 0. The molecule has 0 heteroatoms. The van der Waals surface area contributed by atoms with E-state index >= 15 is 0 Å². The van der Waals surface area contributed by atoms with Crippen molar-refractivity contribution in [2.75, 3.05) is 0 Å². The minimum atomic E-state index is 0.406. The predicted molar refractivity (Wildman–Crippen MR) is 36.2 cm³/mol. The molecule has 0 nitrogen and oxygen atoms in total. The van der Waals surface area contributed by atoms with Gasteiger partial charge >= 0.3 is 0 Å². The van der Waals surface area contributed by atoms with Crippen molar-refractivity contribution < 1.29 is 0 Å². The van der Waals surface area contributed by atoms with Crippen LogP contribution in [0.4, 0.5) is 0 Å². The van der Waals surface area contributed by atoms with Crippen LogP contribution in [-0.4, -0.2) is 0 Å². The summed E-state index contributed by atoms with van der Waals surface area (Å²) in [6.07, 6.45) is 4.75. The molecule has 1 aliphatic carbocycles. The van der Waals surface area contributed by atoms with E-state index in [1.165, 1.54) is 0 Å². The first kappa shape index (κ1) is 6.12. The maximum atomic E-state index is 2.38. The monoisotopic (exact) mass is 110 g/mol. The third-order valence-corrected chi connectivity index (χ3v) is 1.49. The summed E-state index contributed by atoms with van der Waals surface area (Å²) in [6.45, 7) is 8.94. The van der Waals surface area contributed by atoms with E-state index in [2.05, 4.69) is 40.5 Å². The predicted octanol–water partition coefficient (Wildman–Crippen LogP) is 2.46. The molecule has 0 aromatic carbocycles. The Morgan fingerprint density at radius 2 is 1.00 bits per heavy atom. The molecule has 0 aliphatic heterocycles. The summed E-state index contributed by atoms with van der Waals surface area (Å²) in [5.74, 6) is 0. The molecule has 8 heavy (non-hydrogen) atoms. The Morgan fingerprint density at radius 3 is 1.00 bits per heavy atom. The lowest BCUT2D eigenvalue weighted by Crippen LogP contribution is -2.40. The van der Waals surface area contributed by atoms with Gasteiger partial charge in [-0.15, -0.1) is 0 Å². The molecule has 0 amide bonds. The molecule has 0 heterocycles. The normalized spacial score (nSPS) is 31.5. The van der Waals surface area contributed by atoms with Crippen molar-refractivity contribution in [1.29, 1.82) is 0 Å². The first-order chi connectivity index (χ1) is 3.41. The van der Waals surface area contributed by atoms with E-state index in [1.54, 1.807) is 0 Å². The fourth-order valence-corrected chi connectivity index (χ4v) is 1.90. The van der Waals surface area contributed by atoms with Crippen LogP contribution in [0, 0.1) is 23.7 Å². The molecule has 0 spiro atoms. The summed E-state index contributed by atoms with van der Waals surface area (Å²) in [6, 6.07) is 0. The Hall–Kier alpha value is 0. The van der Waals surface area contributed by atoms with E-state index in [4.69, 9.17) is 0 Å². The second-order valence-electron chi connectivity index (χ2n) is 3.93. The van der Waals surface area contributed by atoms with Crippen LogP contribution >= 0.6 is 0 Å². The molecular weight excluding hydrogens is 96.1 g/mol. The van der Waals surface area contributed by atoms with Gasteiger partial charge in [-0.2, -0.15) is 0 Å². The van der Waals surface area contributed by atoms with Crippen molar-refractivity contribution in [1.82, 2.24) is 0 Å². The summed E-state index contributed by atoms with van der Waals surface area (Å²) in [5.41, 5.74) is 0.812. The molecule has 0 saturated heterocycles. The molecule has 1 aliphatic rings. The SMILES string of the molecule is CC1(C)[CH]C(C)(C)[CH]1. The van der Waals surface area contributed by atoms with Crippen molar-refractivity contribution in [3.8, 4) is 0 Å². The van der Waals surface area contributed by atoms with Gasteiger partial charge in [0.05, 0.1) is 0 Å². The van der Waals surface area contributed by atoms with Crippen LogP contribution in [-0.2, 0) is 0 Å². The smallest absolute Gasteiger partial charge is 0.0267 e. The highest BCUT2D eigenvalue weighted by Gasteiger charge is 2.42. The van der Waals surface area contributed by atoms with E-state index in [9.17, 15) is 0 Å². The zero-order valence-corrected chi connectivity index (χ0v) is 6.15. The lowest BCUT2D eigenvalue weighted by Gasteiger charge is -2.48. The lowest BCUT2D eigenvalue weighted by molar-refractivity contribution is 0.229. The Kier molecular flexibility index (Phi) is 0.984. The Labute approximate surface area is 52.3 Å². The highest BCUT2D eigenvalue weighted by atomic mass is 14.5. The maximum Gasteiger partial charge on any atom is -0.0267 e. The first-order valence-corrected chi connectivity index (χ1v) is 3.15. The third kappa shape index (κ3) is 1.04. The molecule has 1 fully saturated rings. The van der Waals surface area contributed by atoms with Gasteiger partial charge in [0.2, 0.25) is 0 Å². The van der Waals surface area contributed by atoms with Gasteiger partial charge in [-0.05, 0) is 23.7 Å². The van der Waals surface area contributed by atoms with Crippen molar-refractivity contribution in [2.45, 2.75) is 27.7 Å². The van der Waals surface area contributed by atoms with Crippen molar-refractivity contribution >= 4 is 0 Å². The molecular formula is C8H14. The standard InChI is InChI=1S/C8H14/c1-7(2)5-8(3,4)6-7/h5-6H,1-4H3. The summed E-state index contributed by atoms with van der Waals surface area (Å²) in [4.78, 5) is 0. The fraction of sp³-hybridized carbons (Fsp3) is 0.750. The number of hydrogen-bond donors (Lipinski definition) is 0. The Balaban J connectivity index is 2.42. The third-order valence-electron chi connectivity index (χ3n) is 1.49. The van der Waals surface area contributed by atoms with Crippen molar-refractivity contribution in [2.24, 2.45) is 10.8 Å². The topological polar surface area (TPSA) is 0 Å². The second-order valence-corrected chi connectivity index (χ2v) is 3.93. The zero-order valence-electron chi connectivity index (χ0n) is 6.15. The first-order valence-electron chi connectivity index (χ1n) is 3.15. The van der Waals surface area contributed by atoms with Crippen molar-refractivity contribution in [3.05, 3.63) is 12.8 Å². The number of hydrogen-bond acceptors (Lipinski definition) is 0. The molecule has 2 radical (unpaired) electrons. The zero-order chi connectivity index (χ0) is 6.41. The van der Waals surface area contributed by atoms with E-state index in [0.717, 1.165) is 0 Å². The van der Waals surface area contributed by atoms with Crippen LogP contribution in [0.25, 0.3) is 0 Å². The molecule has 0 N–H and O–H groups in total. The summed E-state index contributed by atoms with van der Waals surface area (Å²) >= 11 is 0. The quantitative estimate of drug-likeness (QED) is 0.449. The van der Waals surface area contributed by atoms with Crippen LogP contribution in [0.15, 0.2) is 0 Å². The summed E-state index contributed by atoms with van der Waals surface area (Å²) < 4.78 is 0. The minimum Gasteiger partial charge on any atom is -0.0593 e. The molecule has 0 aromatic heterocycles. The summed E-state index contributed by atoms with van der Waals surface area (Å²) in [5, 5.41) is 0. The molecule has 1 rings (SSSR count). The van der Waals surface area contributed by atoms with E-state index in [0.29, 0.717) is 10.8 Å². The van der Waals surface area contributed by atoms with Gasteiger partial charge in [0.1, 0.15) is 0 Å². The average Bonchev–Trinajstić information content (AvgIpc) is 1.20. The second kappa shape index (κ2) is 1.29. The fourth-order valence-electron chi connectivity index (χ4n) is 1.90. The van der Waals surface area contributed by atoms with Crippen LogP contribution in [0.5, 0.6) is 0 Å². The van der Waals surface area contributed by atoms with Gasteiger partial charge in [0, 0.05) is 0 Å². The Morgan fingerprint density at radius 1 is 0.750 bits per heavy atom. The van der Waals surface area contributed by atoms with E-state index < -0.39 is 0 Å². The van der Waals surface area contributed by atoms with Crippen LogP contribution in [0.1, 0.15) is 27.7 Å². The van der Waals surface area contributed by atoms with Crippen molar-refractivity contribution in [3.63, 3.8) is 0 Å². The minimum absolute atomic E-state index is 0.406. The highest BCUT2D eigenvalue weighted by Crippen LogP contribution is 2.50. The lowest BCUT2D eigenvalue weighted by atomic mass is 9.56. The van der Waals surface area contributed by atoms with Gasteiger partial charge in [-0.25, -0.2) is 0 Å². The molecule has 46 valence electrons. The molecule has 0 unspecified atom stereocenters. The van der Waals surface area contributed by atoms with E-state index in [1.807, 2.05) is 0 Å². The highest BCUT2D eigenvalue weighted by molar-refractivity contribution is 5.21. The van der Waals surface area contributed by atoms with Gasteiger partial charge in [0.15, 0.2) is 0 Å². The maximum absolute atomic E-state index is 2.38. The van der Waals surface area contributed by atoms with E-state index in [-0.39, 0.29) is 0 Å². The molecule has 0 atom stereocenters. The number of rotatable bonds is 0. The van der Waals surface area contributed by atoms with Gasteiger partial charge in [0.25, 0.3) is 0 Å². The molecule has 1 saturated carbocycles. The van der Waals surface area contributed by atoms with Crippen LogP contribution in [0.3, 0.4) is 0 Å². The van der Waals surface area contributed by atoms with Gasteiger partial charge in [-0.3, -0.25) is 0 Å². The van der Waals surface area contributed by atoms with Gasteiger partial charge in [-0.1, -0.05) is 27.7 Å². The molecule has 0 aromatic rings.